The van der Waals surface area contributed by atoms with E-state index in [0.29, 0.717) is 19.2 Å². The fraction of sp³-hybridized carbons (Fsp3) is 0.643. The first-order chi connectivity index (χ1) is 9.31. The summed E-state index contributed by atoms with van der Waals surface area (Å²) in [5, 5.41) is 5.08. The van der Waals surface area contributed by atoms with Gasteiger partial charge in [-0.25, -0.2) is 0 Å². The van der Waals surface area contributed by atoms with E-state index < -0.39 is 0 Å². The third kappa shape index (κ3) is 4.30. The summed E-state index contributed by atoms with van der Waals surface area (Å²) in [6, 6.07) is 4.54. The first-order valence-corrected chi connectivity index (χ1v) is 7.81. The van der Waals surface area contributed by atoms with Crippen molar-refractivity contribution in [2.75, 3.05) is 32.8 Å². The molecule has 106 valence electrons. The predicted molar refractivity (Wildman–Crippen MR) is 77.4 cm³/mol. The zero-order chi connectivity index (χ0) is 13.5. The maximum absolute atomic E-state index is 11.6. The fourth-order valence-corrected chi connectivity index (χ4v) is 3.26. The molecule has 0 bridgehead atoms. The van der Waals surface area contributed by atoms with Crippen molar-refractivity contribution in [3.8, 4) is 0 Å². The molecule has 2 rings (SSSR count). The molecule has 1 amide bonds. The summed E-state index contributed by atoms with van der Waals surface area (Å²) in [6.45, 7) is 5.56. The van der Waals surface area contributed by atoms with Crippen LogP contribution in [0, 0.1) is 0 Å². The van der Waals surface area contributed by atoms with Crippen LogP contribution in [0.25, 0.3) is 0 Å². The quantitative estimate of drug-likeness (QED) is 0.832. The number of hydrogen-bond donors (Lipinski definition) is 1. The molecular formula is C14H22N2O2S. The summed E-state index contributed by atoms with van der Waals surface area (Å²) in [5.41, 5.74) is 0. The summed E-state index contributed by atoms with van der Waals surface area (Å²) < 4.78 is 5.12. The molecule has 19 heavy (non-hydrogen) atoms. The van der Waals surface area contributed by atoms with Gasteiger partial charge in [-0.1, -0.05) is 6.07 Å². The van der Waals surface area contributed by atoms with E-state index in [1.54, 1.807) is 11.3 Å². The Balaban J connectivity index is 1.89. The van der Waals surface area contributed by atoms with Gasteiger partial charge < -0.3 is 10.1 Å². The third-order valence-electron chi connectivity index (χ3n) is 3.38. The molecule has 0 saturated carbocycles. The van der Waals surface area contributed by atoms with Crippen LogP contribution in [0.4, 0.5) is 0 Å². The zero-order valence-electron chi connectivity index (χ0n) is 11.4. The topological polar surface area (TPSA) is 41.6 Å². The second-order valence-electron chi connectivity index (χ2n) is 4.72. The van der Waals surface area contributed by atoms with Gasteiger partial charge in [0.2, 0.25) is 5.91 Å². The van der Waals surface area contributed by atoms with E-state index in [2.05, 4.69) is 27.7 Å². The van der Waals surface area contributed by atoms with Gasteiger partial charge in [0, 0.05) is 18.0 Å². The smallest absolute Gasteiger partial charge is 0.246 e. The van der Waals surface area contributed by atoms with E-state index in [9.17, 15) is 4.79 Å². The Morgan fingerprint density at radius 3 is 2.95 bits per heavy atom. The number of rotatable bonds is 7. The van der Waals surface area contributed by atoms with Crippen molar-refractivity contribution in [3.05, 3.63) is 22.4 Å². The first kappa shape index (κ1) is 14.5. The molecule has 1 fully saturated rings. The molecular weight excluding hydrogens is 260 g/mol. The highest BCUT2D eigenvalue weighted by atomic mass is 32.1. The van der Waals surface area contributed by atoms with E-state index >= 15 is 0 Å². The lowest BCUT2D eigenvalue weighted by molar-refractivity contribution is -0.125. The Morgan fingerprint density at radius 1 is 1.53 bits per heavy atom. The van der Waals surface area contributed by atoms with Crippen LogP contribution in [0.15, 0.2) is 17.5 Å². The number of amides is 1. The van der Waals surface area contributed by atoms with Crippen molar-refractivity contribution in [2.24, 2.45) is 0 Å². The summed E-state index contributed by atoms with van der Waals surface area (Å²) >= 11 is 1.76. The van der Waals surface area contributed by atoms with Crippen LogP contribution in [0.2, 0.25) is 0 Å². The molecule has 0 radical (unpaired) electrons. The van der Waals surface area contributed by atoms with Gasteiger partial charge in [0.1, 0.15) is 6.61 Å². The van der Waals surface area contributed by atoms with E-state index in [1.807, 2.05) is 6.92 Å². The van der Waals surface area contributed by atoms with Crippen LogP contribution in [-0.2, 0) is 9.53 Å². The Bertz CT molecular complexity index is 375. The lowest BCUT2D eigenvalue weighted by Crippen LogP contribution is -2.37. The molecule has 1 aromatic rings. The standard InChI is InChI=1S/C14H22N2O2S/c1-2-18-11-14(17)15-10-12(13-6-5-9-19-13)16-7-3-4-8-16/h5-6,9,12H,2-4,7-8,10-11H2,1H3,(H,15,17). The molecule has 1 aliphatic rings. The van der Waals surface area contributed by atoms with Crippen LogP contribution in [0.5, 0.6) is 0 Å². The Kier molecular flexibility index (Phi) is 5.82. The molecule has 1 aliphatic heterocycles. The average molecular weight is 282 g/mol. The lowest BCUT2D eigenvalue weighted by Gasteiger charge is -2.26. The first-order valence-electron chi connectivity index (χ1n) is 6.93. The van der Waals surface area contributed by atoms with Crippen LogP contribution in [0.3, 0.4) is 0 Å². The summed E-state index contributed by atoms with van der Waals surface area (Å²) in [4.78, 5) is 15.4. The van der Waals surface area contributed by atoms with Gasteiger partial charge in [0.05, 0.1) is 6.04 Å². The summed E-state index contributed by atoms with van der Waals surface area (Å²) in [7, 11) is 0. The number of carbonyl (C=O) groups is 1. The Hall–Kier alpha value is -0.910. The molecule has 0 spiro atoms. The van der Waals surface area contributed by atoms with E-state index in [1.165, 1.54) is 17.7 Å². The van der Waals surface area contributed by atoms with Crippen molar-refractivity contribution in [2.45, 2.75) is 25.8 Å². The molecule has 4 nitrogen and oxygen atoms in total. The van der Waals surface area contributed by atoms with Gasteiger partial charge in [-0.2, -0.15) is 0 Å². The SMILES string of the molecule is CCOCC(=O)NCC(c1cccs1)N1CCCC1. The van der Waals surface area contributed by atoms with Gasteiger partial charge in [-0.3, -0.25) is 9.69 Å². The average Bonchev–Trinajstić information content (AvgIpc) is 3.09. The van der Waals surface area contributed by atoms with Gasteiger partial charge in [-0.05, 0) is 44.3 Å². The van der Waals surface area contributed by atoms with E-state index in [4.69, 9.17) is 4.74 Å². The monoisotopic (exact) mass is 282 g/mol. The second-order valence-corrected chi connectivity index (χ2v) is 5.69. The fourth-order valence-electron chi connectivity index (χ4n) is 2.40. The summed E-state index contributed by atoms with van der Waals surface area (Å²) in [6.07, 6.45) is 2.52. The van der Waals surface area contributed by atoms with E-state index in [0.717, 1.165) is 13.1 Å². The van der Waals surface area contributed by atoms with Crippen molar-refractivity contribution >= 4 is 17.2 Å². The normalized spacial score (nSPS) is 17.5. The number of thiophene rings is 1. The Morgan fingerprint density at radius 2 is 2.32 bits per heavy atom. The highest BCUT2D eigenvalue weighted by molar-refractivity contribution is 7.10. The van der Waals surface area contributed by atoms with Crippen molar-refractivity contribution < 1.29 is 9.53 Å². The third-order valence-corrected chi connectivity index (χ3v) is 4.36. The van der Waals surface area contributed by atoms with Crippen molar-refractivity contribution in [1.29, 1.82) is 0 Å². The molecule has 1 unspecified atom stereocenters. The highest BCUT2D eigenvalue weighted by Gasteiger charge is 2.24. The Labute approximate surface area is 118 Å². The number of hydrogen-bond acceptors (Lipinski definition) is 4. The van der Waals surface area contributed by atoms with Gasteiger partial charge in [0.25, 0.3) is 0 Å². The van der Waals surface area contributed by atoms with Crippen LogP contribution in [0.1, 0.15) is 30.7 Å². The van der Waals surface area contributed by atoms with E-state index in [-0.39, 0.29) is 12.5 Å². The molecule has 1 N–H and O–H groups in total. The molecule has 1 atom stereocenters. The number of nitrogens with zero attached hydrogens (tertiary/aromatic N) is 1. The lowest BCUT2D eigenvalue weighted by atomic mass is 10.2. The number of likely N-dealkylation sites (tertiary alicyclic amines) is 1. The predicted octanol–water partition coefficient (Wildman–Crippen LogP) is 2.04. The van der Waals surface area contributed by atoms with Gasteiger partial charge in [-0.15, -0.1) is 11.3 Å². The van der Waals surface area contributed by atoms with Crippen LogP contribution in [-0.4, -0.2) is 43.7 Å². The number of carbonyl (C=O) groups excluding carboxylic acids is 1. The minimum absolute atomic E-state index is 0.0254. The molecule has 2 heterocycles. The van der Waals surface area contributed by atoms with Crippen LogP contribution < -0.4 is 5.32 Å². The maximum Gasteiger partial charge on any atom is 0.246 e. The highest BCUT2D eigenvalue weighted by Crippen LogP contribution is 2.27. The molecule has 1 saturated heterocycles. The largest absolute Gasteiger partial charge is 0.372 e. The minimum atomic E-state index is -0.0254. The number of ether oxygens (including phenoxy) is 1. The molecule has 0 aromatic carbocycles. The van der Waals surface area contributed by atoms with Crippen LogP contribution >= 0.6 is 11.3 Å². The summed E-state index contributed by atoms with van der Waals surface area (Å²) in [5.74, 6) is -0.0254. The van der Waals surface area contributed by atoms with Crippen molar-refractivity contribution in [3.63, 3.8) is 0 Å². The molecule has 1 aromatic heterocycles. The van der Waals surface area contributed by atoms with Gasteiger partial charge in [0.15, 0.2) is 0 Å². The van der Waals surface area contributed by atoms with Crippen molar-refractivity contribution in [1.82, 2.24) is 10.2 Å². The molecule has 0 aliphatic carbocycles. The van der Waals surface area contributed by atoms with Gasteiger partial charge >= 0.3 is 0 Å². The second kappa shape index (κ2) is 7.62. The maximum atomic E-state index is 11.6. The molecule has 5 heteroatoms. The minimum Gasteiger partial charge on any atom is -0.372 e. The number of nitrogens with one attached hydrogen (secondary N) is 1. The zero-order valence-corrected chi connectivity index (χ0v) is 12.2.